The van der Waals surface area contributed by atoms with Gasteiger partial charge in [0.15, 0.2) is 0 Å². The maximum absolute atomic E-state index is 13.2. The molecule has 0 aliphatic carbocycles. The second-order valence-corrected chi connectivity index (χ2v) is 7.45. The van der Waals surface area contributed by atoms with Gasteiger partial charge in [0.25, 0.3) is 0 Å². The van der Waals surface area contributed by atoms with Crippen molar-refractivity contribution in [3.8, 4) is 0 Å². The van der Waals surface area contributed by atoms with Gasteiger partial charge in [0.2, 0.25) is 0 Å². The van der Waals surface area contributed by atoms with E-state index in [0.717, 1.165) is 5.56 Å². The van der Waals surface area contributed by atoms with Crippen molar-refractivity contribution < 1.29 is 23.8 Å². The highest BCUT2D eigenvalue weighted by Gasteiger charge is 2.41. The predicted molar refractivity (Wildman–Crippen MR) is 87.6 cm³/mol. The maximum atomic E-state index is 13.2. The Bertz CT molecular complexity index is 644. The molecular weight excluding hydrogens is 337 g/mol. The van der Waals surface area contributed by atoms with Gasteiger partial charge in [-0.3, -0.25) is 4.90 Å². The Morgan fingerprint density at radius 1 is 1.42 bits per heavy atom. The molecule has 5 nitrogen and oxygen atoms in total. The zero-order valence-corrected chi connectivity index (χ0v) is 14.6. The van der Waals surface area contributed by atoms with Crippen molar-refractivity contribution in [1.29, 1.82) is 0 Å². The fraction of sp³-hybridized carbons (Fsp3) is 0.529. The number of halogens is 2. The van der Waals surface area contributed by atoms with Crippen LogP contribution in [0.2, 0.25) is 5.02 Å². The Hall–Kier alpha value is -1.82. The summed E-state index contributed by atoms with van der Waals surface area (Å²) in [6.45, 7) is 5.47. The van der Waals surface area contributed by atoms with Crippen LogP contribution in [0.15, 0.2) is 18.2 Å². The Morgan fingerprint density at radius 2 is 2.08 bits per heavy atom. The van der Waals surface area contributed by atoms with Crippen molar-refractivity contribution in [2.24, 2.45) is 5.92 Å². The van der Waals surface area contributed by atoms with Crippen molar-refractivity contribution in [2.45, 2.75) is 45.3 Å². The minimum absolute atomic E-state index is 0.0317. The molecule has 1 saturated heterocycles. The molecule has 2 atom stereocenters. The number of ether oxygens (including phenoxy) is 1. The number of aliphatic carboxylic acids is 1. The van der Waals surface area contributed by atoms with E-state index in [1.807, 2.05) is 0 Å². The average Bonchev–Trinajstić information content (AvgIpc) is 2.85. The minimum atomic E-state index is -1.06. The van der Waals surface area contributed by atoms with Crippen molar-refractivity contribution in [3.63, 3.8) is 0 Å². The van der Waals surface area contributed by atoms with Crippen molar-refractivity contribution in [3.05, 3.63) is 34.6 Å². The Morgan fingerprint density at radius 3 is 2.62 bits per heavy atom. The number of hydrogen-bond acceptors (Lipinski definition) is 3. The first-order chi connectivity index (χ1) is 11.1. The van der Waals surface area contributed by atoms with Crippen LogP contribution in [0, 0.1) is 11.7 Å². The lowest BCUT2D eigenvalue weighted by atomic mass is 9.97. The molecule has 0 saturated carbocycles. The number of carbonyl (C=O) groups is 2. The van der Waals surface area contributed by atoms with E-state index in [1.165, 1.54) is 17.0 Å². The topological polar surface area (TPSA) is 66.8 Å². The number of amides is 1. The van der Waals surface area contributed by atoms with Crippen LogP contribution in [0.25, 0.3) is 0 Å². The van der Waals surface area contributed by atoms with E-state index in [-0.39, 0.29) is 17.5 Å². The van der Waals surface area contributed by atoms with E-state index in [9.17, 15) is 19.1 Å². The van der Waals surface area contributed by atoms with Crippen LogP contribution >= 0.6 is 11.6 Å². The van der Waals surface area contributed by atoms with Crippen LogP contribution in [0.3, 0.4) is 0 Å². The van der Waals surface area contributed by atoms with Gasteiger partial charge >= 0.3 is 12.1 Å². The summed E-state index contributed by atoms with van der Waals surface area (Å²) in [5, 5.41) is 9.41. The predicted octanol–water partition coefficient (Wildman–Crippen LogP) is 3.73. The number of carbonyl (C=O) groups excluding carboxylic acids is 1. The fourth-order valence-electron chi connectivity index (χ4n) is 2.83. The molecule has 1 fully saturated rings. The normalized spacial score (nSPS) is 21.0. The van der Waals surface area contributed by atoms with Crippen LogP contribution in [-0.2, 0) is 16.0 Å². The highest BCUT2D eigenvalue weighted by atomic mass is 35.5. The molecule has 0 unspecified atom stereocenters. The number of nitrogens with zero attached hydrogens (tertiary/aromatic N) is 1. The zero-order chi connectivity index (χ0) is 18.1. The fourth-order valence-corrected chi connectivity index (χ4v) is 3.03. The quantitative estimate of drug-likeness (QED) is 0.895. The molecule has 24 heavy (non-hydrogen) atoms. The SMILES string of the molecule is CC(C)(C)OC(=O)N1C[C@@H](Cc2ccc(F)c(Cl)c2)C[C@@H]1C(=O)O. The van der Waals surface area contributed by atoms with Crippen molar-refractivity contribution in [1.82, 2.24) is 4.90 Å². The minimum Gasteiger partial charge on any atom is -0.480 e. The first-order valence-electron chi connectivity index (χ1n) is 7.73. The van der Waals surface area contributed by atoms with Crippen molar-refractivity contribution >= 4 is 23.7 Å². The molecule has 1 aliphatic heterocycles. The van der Waals surface area contributed by atoms with E-state index in [2.05, 4.69) is 0 Å². The third-order valence-corrected chi connectivity index (χ3v) is 4.10. The number of carboxylic acids is 1. The van der Waals surface area contributed by atoms with Gasteiger partial charge < -0.3 is 9.84 Å². The number of benzene rings is 1. The molecule has 132 valence electrons. The summed E-state index contributed by atoms with van der Waals surface area (Å²) in [7, 11) is 0. The molecule has 0 aromatic heterocycles. The van der Waals surface area contributed by atoms with Gasteiger partial charge in [0, 0.05) is 6.54 Å². The third-order valence-electron chi connectivity index (χ3n) is 3.81. The zero-order valence-electron chi connectivity index (χ0n) is 13.9. The molecule has 1 aliphatic rings. The van der Waals surface area contributed by atoms with Gasteiger partial charge in [-0.1, -0.05) is 17.7 Å². The summed E-state index contributed by atoms with van der Waals surface area (Å²) in [5.41, 5.74) is 0.115. The molecular formula is C17H21ClFNO4. The maximum Gasteiger partial charge on any atom is 0.411 e. The van der Waals surface area contributed by atoms with E-state index in [0.29, 0.717) is 12.8 Å². The van der Waals surface area contributed by atoms with Crippen LogP contribution in [0.1, 0.15) is 32.8 Å². The first-order valence-corrected chi connectivity index (χ1v) is 8.11. The standard InChI is InChI=1S/C17H21ClFNO4/c1-17(2,3)24-16(23)20-9-11(8-14(20)15(21)22)6-10-4-5-13(19)12(18)7-10/h4-5,7,11,14H,6,8-9H2,1-3H3,(H,21,22)/t11-,14+/m0/s1. The van der Waals surface area contributed by atoms with E-state index in [4.69, 9.17) is 16.3 Å². The molecule has 0 radical (unpaired) electrons. The van der Waals surface area contributed by atoms with Gasteiger partial charge in [-0.05, 0) is 57.2 Å². The van der Waals surface area contributed by atoms with Gasteiger partial charge in [-0.25, -0.2) is 14.0 Å². The van der Waals surface area contributed by atoms with E-state index >= 15 is 0 Å². The first kappa shape index (κ1) is 18.5. The smallest absolute Gasteiger partial charge is 0.411 e. The molecule has 0 spiro atoms. The van der Waals surface area contributed by atoms with E-state index < -0.39 is 29.5 Å². The molecule has 1 N–H and O–H groups in total. The van der Waals surface area contributed by atoms with Gasteiger partial charge in [-0.15, -0.1) is 0 Å². The Balaban J connectivity index is 2.10. The molecule has 1 aromatic carbocycles. The highest BCUT2D eigenvalue weighted by molar-refractivity contribution is 6.30. The van der Waals surface area contributed by atoms with Gasteiger partial charge in [0.1, 0.15) is 17.5 Å². The van der Waals surface area contributed by atoms with Crippen LogP contribution < -0.4 is 0 Å². The summed E-state index contributed by atoms with van der Waals surface area (Å²) in [4.78, 5) is 25.0. The van der Waals surface area contributed by atoms with Crippen LogP contribution in [0.5, 0.6) is 0 Å². The summed E-state index contributed by atoms with van der Waals surface area (Å²) in [6.07, 6.45) is 0.210. The number of likely N-dealkylation sites (tertiary alicyclic amines) is 1. The molecule has 0 bridgehead atoms. The molecule has 1 heterocycles. The Kier molecular flexibility index (Phi) is 5.38. The van der Waals surface area contributed by atoms with Gasteiger partial charge in [-0.2, -0.15) is 0 Å². The lowest BCUT2D eigenvalue weighted by Crippen LogP contribution is -2.43. The molecule has 1 amide bonds. The number of rotatable bonds is 3. The van der Waals surface area contributed by atoms with Gasteiger partial charge in [0.05, 0.1) is 5.02 Å². The average molecular weight is 358 g/mol. The Labute approximate surface area is 145 Å². The second-order valence-electron chi connectivity index (χ2n) is 7.04. The van der Waals surface area contributed by atoms with Crippen molar-refractivity contribution in [2.75, 3.05) is 6.54 Å². The number of carboxylic acid groups (broad SMARTS) is 1. The molecule has 1 aromatic rings. The summed E-state index contributed by atoms with van der Waals surface area (Å²) < 4.78 is 18.5. The monoisotopic (exact) mass is 357 g/mol. The van der Waals surface area contributed by atoms with Crippen LogP contribution in [0.4, 0.5) is 9.18 Å². The second kappa shape index (κ2) is 6.97. The largest absolute Gasteiger partial charge is 0.480 e. The molecule has 7 heteroatoms. The lowest BCUT2D eigenvalue weighted by molar-refractivity contribution is -0.142. The van der Waals surface area contributed by atoms with Crippen LogP contribution in [-0.4, -0.2) is 40.3 Å². The number of hydrogen-bond donors (Lipinski definition) is 1. The van der Waals surface area contributed by atoms with E-state index in [1.54, 1.807) is 26.8 Å². The molecule has 2 rings (SSSR count). The summed E-state index contributed by atoms with van der Waals surface area (Å²) in [6, 6.07) is 3.52. The summed E-state index contributed by atoms with van der Waals surface area (Å²) >= 11 is 5.78. The third kappa shape index (κ3) is 4.60. The highest BCUT2D eigenvalue weighted by Crippen LogP contribution is 2.29. The summed E-state index contributed by atoms with van der Waals surface area (Å²) in [5.74, 6) is -1.61. The lowest BCUT2D eigenvalue weighted by Gasteiger charge is -2.26.